The number of hydrazone groups is 1. The van der Waals surface area contributed by atoms with E-state index in [2.05, 4.69) is 31.4 Å². The van der Waals surface area contributed by atoms with E-state index in [4.69, 9.17) is 0 Å². The van der Waals surface area contributed by atoms with Gasteiger partial charge in [0, 0.05) is 4.47 Å². The van der Waals surface area contributed by atoms with Crippen molar-refractivity contribution in [2.75, 3.05) is 5.43 Å². The minimum absolute atomic E-state index is 0.0369. The highest BCUT2D eigenvalue weighted by Crippen LogP contribution is 2.12. The molecule has 0 fully saturated rings. The Morgan fingerprint density at radius 2 is 1.91 bits per heavy atom. The Morgan fingerprint density at radius 1 is 1.22 bits per heavy atom. The second kappa shape index (κ2) is 6.21. The molecule has 0 aliphatic heterocycles. The minimum atomic E-state index is -0.547. The van der Waals surface area contributed by atoms with Gasteiger partial charge in [0.05, 0.1) is 16.6 Å². The van der Waals surface area contributed by atoms with Crippen LogP contribution in [-0.4, -0.2) is 20.6 Å². The summed E-state index contributed by atoms with van der Waals surface area (Å²) in [5.41, 5.74) is 4.18. The molecule has 0 saturated carbocycles. The average Bonchev–Trinajstić information content (AvgIpc) is 2.57. The lowest BCUT2D eigenvalue weighted by Crippen LogP contribution is -2.22. The Balaban J connectivity index is 1.95. The predicted octanol–water partition coefficient (Wildman–Crippen LogP) is 3.23. The molecule has 23 heavy (non-hydrogen) atoms. The lowest BCUT2D eigenvalue weighted by Gasteiger charge is -2.07. The van der Waals surface area contributed by atoms with Gasteiger partial charge in [-0.15, -0.1) is 4.73 Å². The third kappa shape index (κ3) is 3.09. The molecule has 0 unspecified atom stereocenters. The first kappa shape index (κ1) is 15.2. The Bertz CT molecular complexity index is 948. The fraction of sp³-hybridized carbons (Fsp3) is 0.0625. The van der Waals surface area contributed by atoms with E-state index in [1.165, 1.54) is 0 Å². The monoisotopic (exact) mass is 372 g/mol. The van der Waals surface area contributed by atoms with Crippen LogP contribution < -0.4 is 11.0 Å². The molecular weight excluding hydrogens is 360 g/mol. The van der Waals surface area contributed by atoms with Gasteiger partial charge in [-0.2, -0.15) is 5.10 Å². The van der Waals surface area contributed by atoms with Crippen LogP contribution in [0.2, 0.25) is 0 Å². The lowest BCUT2D eigenvalue weighted by atomic mass is 10.1. The summed E-state index contributed by atoms with van der Waals surface area (Å²) >= 11 is 3.37. The number of nitrogens with one attached hydrogen (secondary N) is 1. The number of anilines is 1. The molecule has 0 aliphatic carbocycles. The van der Waals surface area contributed by atoms with E-state index in [0.29, 0.717) is 21.3 Å². The summed E-state index contributed by atoms with van der Waals surface area (Å²) in [6.07, 6.45) is 0. The zero-order valence-electron chi connectivity index (χ0n) is 12.2. The standard InChI is InChI=1S/C16H13BrN4O2/c1-10(11-6-8-12(17)9-7-11)19-20-16-18-14-5-3-2-4-13(14)15(22)21(16)23/h2-9,23H,1H3,(H,18,20)/b19-10+. The molecule has 3 rings (SSSR count). The van der Waals surface area contributed by atoms with Gasteiger partial charge in [0.15, 0.2) is 0 Å². The molecule has 6 nitrogen and oxygen atoms in total. The highest BCUT2D eigenvalue weighted by Gasteiger charge is 2.09. The van der Waals surface area contributed by atoms with Gasteiger partial charge in [-0.25, -0.2) is 10.4 Å². The van der Waals surface area contributed by atoms with Gasteiger partial charge in [0.1, 0.15) is 0 Å². The minimum Gasteiger partial charge on any atom is -0.422 e. The van der Waals surface area contributed by atoms with Crippen molar-refractivity contribution in [3.63, 3.8) is 0 Å². The van der Waals surface area contributed by atoms with E-state index < -0.39 is 5.56 Å². The van der Waals surface area contributed by atoms with Crippen molar-refractivity contribution in [2.24, 2.45) is 5.10 Å². The molecule has 116 valence electrons. The van der Waals surface area contributed by atoms with Gasteiger partial charge in [-0.05, 0) is 36.8 Å². The van der Waals surface area contributed by atoms with Crippen molar-refractivity contribution < 1.29 is 5.21 Å². The maximum atomic E-state index is 12.1. The van der Waals surface area contributed by atoms with Crippen molar-refractivity contribution in [1.82, 2.24) is 9.71 Å². The number of rotatable bonds is 3. The summed E-state index contributed by atoms with van der Waals surface area (Å²) < 4.78 is 1.43. The zero-order valence-corrected chi connectivity index (χ0v) is 13.8. The van der Waals surface area contributed by atoms with Crippen LogP contribution in [0.1, 0.15) is 12.5 Å². The molecule has 0 bridgehead atoms. The van der Waals surface area contributed by atoms with Gasteiger partial charge in [0.2, 0.25) is 0 Å². The summed E-state index contributed by atoms with van der Waals surface area (Å²) in [4.78, 5) is 16.3. The summed E-state index contributed by atoms with van der Waals surface area (Å²) in [7, 11) is 0. The van der Waals surface area contributed by atoms with Crippen molar-refractivity contribution >= 4 is 38.5 Å². The molecule has 0 saturated heterocycles. The first-order valence-electron chi connectivity index (χ1n) is 6.83. The fourth-order valence-electron chi connectivity index (χ4n) is 2.09. The Morgan fingerprint density at radius 3 is 2.65 bits per heavy atom. The third-order valence-corrected chi connectivity index (χ3v) is 3.87. The van der Waals surface area contributed by atoms with Crippen LogP contribution in [0.3, 0.4) is 0 Å². The van der Waals surface area contributed by atoms with Gasteiger partial charge in [-0.1, -0.05) is 40.2 Å². The van der Waals surface area contributed by atoms with Gasteiger partial charge in [-0.3, -0.25) is 4.79 Å². The van der Waals surface area contributed by atoms with Crippen molar-refractivity contribution in [3.05, 3.63) is 68.9 Å². The molecule has 3 aromatic rings. The van der Waals surface area contributed by atoms with E-state index in [0.717, 1.165) is 10.0 Å². The number of hydrogen-bond donors (Lipinski definition) is 2. The Hall–Kier alpha value is -2.67. The number of nitrogens with zero attached hydrogens (tertiary/aromatic N) is 3. The molecule has 2 aromatic carbocycles. The van der Waals surface area contributed by atoms with E-state index in [1.54, 1.807) is 24.3 Å². The molecule has 0 spiro atoms. The second-order valence-corrected chi connectivity index (χ2v) is 5.80. The van der Waals surface area contributed by atoms with E-state index in [9.17, 15) is 10.0 Å². The maximum absolute atomic E-state index is 12.1. The number of fused-ring (bicyclic) bond motifs is 1. The molecule has 0 atom stereocenters. The van der Waals surface area contributed by atoms with Gasteiger partial charge < -0.3 is 5.21 Å². The number of para-hydroxylation sites is 1. The second-order valence-electron chi connectivity index (χ2n) is 4.89. The Kier molecular flexibility index (Phi) is 4.12. The molecule has 0 amide bonds. The number of hydrogen-bond acceptors (Lipinski definition) is 5. The van der Waals surface area contributed by atoms with E-state index in [-0.39, 0.29) is 5.95 Å². The zero-order chi connectivity index (χ0) is 16.4. The van der Waals surface area contributed by atoms with Crippen LogP contribution in [0.4, 0.5) is 5.95 Å². The fourth-order valence-corrected chi connectivity index (χ4v) is 2.35. The van der Waals surface area contributed by atoms with Crippen LogP contribution in [-0.2, 0) is 0 Å². The quantitative estimate of drug-likeness (QED) is 0.420. The lowest BCUT2D eigenvalue weighted by molar-refractivity contribution is 0.179. The number of aromatic nitrogens is 2. The molecule has 7 heteroatoms. The molecule has 2 N–H and O–H groups in total. The van der Waals surface area contributed by atoms with Gasteiger partial charge >= 0.3 is 0 Å². The van der Waals surface area contributed by atoms with Crippen LogP contribution >= 0.6 is 15.9 Å². The molecule has 0 radical (unpaired) electrons. The normalized spacial score (nSPS) is 11.7. The predicted molar refractivity (Wildman–Crippen MR) is 93.2 cm³/mol. The third-order valence-electron chi connectivity index (χ3n) is 3.34. The van der Waals surface area contributed by atoms with Crippen molar-refractivity contribution in [2.45, 2.75) is 6.92 Å². The van der Waals surface area contributed by atoms with E-state index >= 15 is 0 Å². The summed E-state index contributed by atoms with van der Waals surface area (Å²) in [5, 5.41) is 14.4. The number of halogens is 1. The molecule has 1 heterocycles. The van der Waals surface area contributed by atoms with Crippen molar-refractivity contribution in [3.8, 4) is 0 Å². The molecule has 0 aliphatic rings. The first-order valence-corrected chi connectivity index (χ1v) is 7.63. The van der Waals surface area contributed by atoms with Crippen LogP contribution in [0.5, 0.6) is 0 Å². The molecule has 1 aromatic heterocycles. The maximum Gasteiger partial charge on any atom is 0.295 e. The SMILES string of the molecule is C/C(=N\Nc1nc2ccccc2c(=O)n1O)c1ccc(Br)cc1. The van der Waals surface area contributed by atoms with E-state index in [1.807, 2.05) is 31.2 Å². The Labute approximate surface area is 140 Å². The summed E-state index contributed by atoms with van der Waals surface area (Å²) in [6, 6.07) is 14.4. The largest absolute Gasteiger partial charge is 0.422 e. The van der Waals surface area contributed by atoms with Crippen LogP contribution in [0, 0.1) is 0 Å². The average molecular weight is 373 g/mol. The van der Waals surface area contributed by atoms with Crippen LogP contribution in [0.25, 0.3) is 10.9 Å². The molecular formula is C16H13BrN4O2. The van der Waals surface area contributed by atoms with Crippen molar-refractivity contribution in [1.29, 1.82) is 0 Å². The highest BCUT2D eigenvalue weighted by atomic mass is 79.9. The van der Waals surface area contributed by atoms with Crippen LogP contribution in [0.15, 0.2) is 62.9 Å². The number of benzene rings is 2. The topological polar surface area (TPSA) is 79.5 Å². The smallest absolute Gasteiger partial charge is 0.295 e. The summed E-state index contributed by atoms with van der Waals surface area (Å²) in [5.74, 6) is -0.0369. The summed E-state index contributed by atoms with van der Waals surface area (Å²) in [6.45, 7) is 1.82. The van der Waals surface area contributed by atoms with Gasteiger partial charge in [0.25, 0.3) is 11.5 Å². The first-order chi connectivity index (χ1) is 11.1. The highest BCUT2D eigenvalue weighted by molar-refractivity contribution is 9.10.